The number of aliphatic hydroxyl groups is 1. The van der Waals surface area contributed by atoms with Crippen LogP contribution in [0.5, 0.6) is 5.75 Å². The first-order chi connectivity index (χ1) is 11.8. The van der Waals surface area contributed by atoms with Gasteiger partial charge in [-0.2, -0.15) is 0 Å². The number of hydrogen-bond acceptors (Lipinski definition) is 5. The van der Waals surface area contributed by atoms with Gasteiger partial charge >= 0.3 is 0 Å². The Bertz CT molecular complexity index is 703. The van der Waals surface area contributed by atoms with E-state index in [0.29, 0.717) is 19.6 Å². The molecule has 2 atom stereocenters. The lowest BCUT2D eigenvalue weighted by Gasteiger charge is -2.18. The van der Waals surface area contributed by atoms with Crippen LogP contribution in [0.2, 0.25) is 0 Å². The molecule has 0 aromatic heterocycles. The van der Waals surface area contributed by atoms with Crippen LogP contribution in [0.1, 0.15) is 11.1 Å². The molecule has 140 valence electrons. The van der Waals surface area contributed by atoms with E-state index >= 15 is 0 Å². The van der Waals surface area contributed by atoms with Crippen molar-refractivity contribution in [3.63, 3.8) is 0 Å². The highest BCUT2D eigenvalue weighted by Gasteiger charge is 2.35. The summed E-state index contributed by atoms with van der Waals surface area (Å²) in [7, 11) is 1.37. The van der Waals surface area contributed by atoms with Crippen LogP contribution in [0.25, 0.3) is 0 Å². The van der Waals surface area contributed by atoms with E-state index in [1.54, 1.807) is 7.11 Å². The van der Waals surface area contributed by atoms with Crippen molar-refractivity contribution >= 4 is 10.0 Å². The van der Waals surface area contributed by atoms with Gasteiger partial charge in [0.25, 0.3) is 0 Å². The van der Waals surface area contributed by atoms with Gasteiger partial charge in [0.2, 0.25) is 10.0 Å². The van der Waals surface area contributed by atoms with Crippen molar-refractivity contribution in [3.05, 3.63) is 42.0 Å². The van der Waals surface area contributed by atoms with E-state index in [2.05, 4.69) is 17.5 Å². The fourth-order valence-corrected chi connectivity index (χ4v) is 4.32. The van der Waals surface area contributed by atoms with E-state index in [1.807, 2.05) is 18.2 Å². The van der Waals surface area contributed by atoms with Gasteiger partial charge in [-0.25, -0.2) is 12.7 Å². The molecule has 25 heavy (non-hydrogen) atoms. The topological polar surface area (TPSA) is 70.1 Å². The van der Waals surface area contributed by atoms with Crippen molar-refractivity contribution < 1.29 is 18.3 Å². The predicted octanol–water partition coefficient (Wildman–Crippen LogP) is 1.11. The maximum atomic E-state index is 12.1. The number of allylic oxidation sites excluding steroid dienone is 1. The lowest BCUT2D eigenvalue weighted by atomic mass is 10.1. The molecule has 1 aromatic rings. The van der Waals surface area contributed by atoms with Gasteiger partial charge in [0.15, 0.2) is 0 Å². The number of rotatable bonds is 8. The van der Waals surface area contributed by atoms with Crippen molar-refractivity contribution in [1.82, 2.24) is 9.21 Å². The van der Waals surface area contributed by atoms with E-state index < -0.39 is 16.1 Å². The molecule has 1 N–H and O–H groups in total. The van der Waals surface area contributed by atoms with E-state index in [0.717, 1.165) is 23.3 Å². The third-order valence-corrected chi connectivity index (χ3v) is 6.54. The number of β-amino-alcohol motifs (C(OH)–C–C–N with tert-alkyl or cyclic N) is 1. The lowest BCUT2D eigenvalue weighted by Crippen LogP contribution is -2.33. The van der Waals surface area contributed by atoms with Crippen molar-refractivity contribution in [2.75, 3.05) is 40.0 Å². The number of benzene rings is 1. The first-order valence-corrected chi connectivity index (χ1v) is 9.95. The number of aliphatic hydroxyl groups excluding tert-OH is 1. The van der Waals surface area contributed by atoms with Gasteiger partial charge in [-0.05, 0) is 23.6 Å². The van der Waals surface area contributed by atoms with Crippen LogP contribution >= 0.6 is 0 Å². The van der Waals surface area contributed by atoms with Crippen LogP contribution in [0, 0.1) is 5.92 Å². The minimum atomic E-state index is -3.31. The largest absolute Gasteiger partial charge is 0.496 e. The molecule has 0 amide bonds. The van der Waals surface area contributed by atoms with Crippen LogP contribution < -0.4 is 4.74 Å². The monoisotopic (exact) mass is 368 g/mol. The summed E-state index contributed by atoms with van der Waals surface area (Å²) in [6.45, 7) is 5.49. The lowest BCUT2D eigenvalue weighted by molar-refractivity contribution is 0.148. The van der Waals surface area contributed by atoms with E-state index in [-0.39, 0.29) is 11.7 Å². The molecular formula is C18H28N2O4S. The third kappa shape index (κ3) is 5.04. The number of methoxy groups -OCH3 is 1. The Morgan fingerprint density at radius 1 is 1.40 bits per heavy atom. The van der Waals surface area contributed by atoms with Gasteiger partial charge in [0.1, 0.15) is 5.75 Å². The first kappa shape index (κ1) is 19.9. The van der Waals surface area contributed by atoms with Gasteiger partial charge in [-0.3, -0.25) is 4.90 Å². The summed E-state index contributed by atoms with van der Waals surface area (Å²) in [5.74, 6) is 0.542. The van der Waals surface area contributed by atoms with Gasteiger partial charge in [-0.1, -0.05) is 18.2 Å². The molecule has 0 unspecified atom stereocenters. The van der Waals surface area contributed by atoms with Gasteiger partial charge < -0.3 is 9.84 Å². The molecule has 0 bridgehead atoms. The van der Waals surface area contributed by atoms with Crippen LogP contribution in [0.4, 0.5) is 0 Å². The Balaban J connectivity index is 2.05. The van der Waals surface area contributed by atoms with Crippen LogP contribution in [-0.2, 0) is 23.0 Å². The Morgan fingerprint density at radius 3 is 2.72 bits per heavy atom. The fraction of sp³-hybridized carbons (Fsp3) is 0.556. The smallest absolute Gasteiger partial charge is 0.214 e. The van der Waals surface area contributed by atoms with Crippen molar-refractivity contribution in [2.24, 2.45) is 5.92 Å². The highest BCUT2D eigenvalue weighted by atomic mass is 32.2. The van der Waals surface area contributed by atoms with E-state index in [1.165, 1.54) is 18.4 Å². The quantitative estimate of drug-likeness (QED) is 0.696. The molecule has 0 saturated carbocycles. The highest BCUT2D eigenvalue weighted by molar-refractivity contribution is 7.89. The molecule has 2 rings (SSSR count). The number of hydrogen-bond donors (Lipinski definition) is 1. The average molecular weight is 368 g/mol. The summed E-state index contributed by atoms with van der Waals surface area (Å²) in [5.41, 5.74) is 2.18. The van der Waals surface area contributed by atoms with Gasteiger partial charge in [0, 0.05) is 39.6 Å². The summed E-state index contributed by atoms with van der Waals surface area (Å²) >= 11 is 0. The van der Waals surface area contributed by atoms with Crippen LogP contribution in [-0.4, -0.2) is 68.9 Å². The zero-order valence-electron chi connectivity index (χ0n) is 15.2. The summed E-state index contributed by atoms with van der Waals surface area (Å²) in [4.78, 5) is 2.10. The molecule has 6 nitrogen and oxygen atoms in total. The van der Waals surface area contributed by atoms with Crippen LogP contribution in [0.3, 0.4) is 0 Å². The van der Waals surface area contributed by atoms with E-state index in [4.69, 9.17) is 4.74 Å². The summed E-state index contributed by atoms with van der Waals surface area (Å²) in [5, 5.41) is 10.2. The Kier molecular flexibility index (Phi) is 6.62. The second kappa shape index (κ2) is 8.31. The molecule has 0 aliphatic carbocycles. The standard InChI is InChI=1S/C18H28N2O4S/c1-5-6-15-9-14(7-8-18(15)24-4)10-20-11-16(17(21)12-20)13-25(22,23)19(2)3/h5,7-9,16-17,21H,1,6,10-13H2,2-4H3/t16-,17+/m0/s1. The maximum absolute atomic E-state index is 12.1. The molecule has 1 fully saturated rings. The summed E-state index contributed by atoms with van der Waals surface area (Å²) < 4.78 is 30.7. The number of sulfonamides is 1. The zero-order chi connectivity index (χ0) is 18.6. The molecular weight excluding hydrogens is 340 g/mol. The SMILES string of the molecule is C=CCc1cc(CN2C[C@@H](CS(=O)(=O)N(C)C)[C@H](O)C2)ccc1OC. The average Bonchev–Trinajstić information content (AvgIpc) is 2.86. The fourth-order valence-electron chi connectivity index (χ4n) is 3.16. The van der Waals surface area contributed by atoms with Crippen LogP contribution in [0.15, 0.2) is 30.9 Å². The summed E-state index contributed by atoms with van der Waals surface area (Å²) in [6.07, 6.45) is 1.94. The third-order valence-electron chi connectivity index (χ3n) is 4.58. The van der Waals surface area contributed by atoms with Gasteiger partial charge in [-0.15, -0.1) is 6.58 Å². The normalized spacial score (nSPS) is 21.6. The minimum Gasteiger partial charge on any atom is -0.496 e. The minimum absolute atomic E-state index is 0.0258. The summed E-state index contributed by atoms with van der Waals surface area (Å²) in [6, 6.07) is 6.02. The second-order valence-electron chi connectivity index (χ2n) is 6.72. The molecule has 1 aromatic carbocycles. The number of ether oxygens (including phenoxy) is 1. The Morgan fingerprint density at radius 2 is 2.12 bits per heavy atom. The molecule has 0 spiro atoms. The molecule has 1 heterocycles. The zero-order valence-corrected chi connectivity index (χ0v) is 16.0. The first-order valence-electron chi connectivity index (χ1n) is 8.34. The number of nitrogens with zero attached hydrogens (tertiary/aromatic N) is 2. The molecule has 1 aliphatic rings. The maximum Gasteiger partial charge on any atom is 0.214 e. The second-order valence-corrected chi connectivity index (χ2v) is 8.95. The Labute approximate surface area is 150 Å². The van der Waals surface area contributed by atoms with Gasteiger partial charge in [0.05, 0.1) is 19.0 Å². The highest BCUT2D eigenvalue weighted by Crippen LogP contribution is 2.25. The molecule has 7 heteroatoms. The van der Waals surface area contributed by atoms with E-state index in [9.17, 15) is 13.5 Å². The van der Waals surface area contributed by atoms with Crippen molar-refractivity contribution in [2.45, 2.75) is 19.1 Å². The van der Waals surface area contributed by atoms with Crippen molar-refractivity contribution in [3.8, 4) is 5.75 Å². The predicted molar refractivity (Wildman–Crippen MR) is 99.1 cm³/mol. The molecule has 1 saturated heterocycles. The van der Waals surface area contributed by atoms with Crippen molar-refractivity contribution in [1.29, 1.82) is 0 Å². The number of likely N-dealkylation sites (tertiary alicyclic amines) is 1. The molecule has 1 aliphatic heterocycles. The Hall–Kier alpha value is -1.41. The molecule has 0 radical (unpaired) electrons.